The molecule has 1 saturated heterocycles. The highest BCUT2D eigenvalue weighted by Crippen LogP contribution is 2.33. The van der Waals surface area contributed by atoms with E-state index in [0.717, 1.165) is 57.3 Å². The summed E-state index contributed by atoms with van der Waals surface area (Å²) in [7, 11) is -1.34. The number of aliphatic imine (C=N–C) groups is 1. The highest BCUT2D eigenvalue weighted by atomic mass is 32.2. The van der Waals surface area contributed by atoms with Gasteiger partial charge in [-0.1, -0.05) is 31.4 Å². The first kappa shape index (κ1) is 23.0. The lowest BCUT2D eigenvalue weighted by molar-refractivity contribution is -0.0352. The Labute approximate surface area is 181 Å². The number of nitrogens with zero attached hydrogens (tertiary/aromatic N) is 2. The van der Waals surface area contributed by atoms with Crippen molar-refractivity contribution in [2.24, 2.45) is 4.99 Å². The SMILES string of the molecule is CN=C(NCCc1ccc(S(C)(=O)=O)cc1)NCC1(N2CCOCC2)CCCCC1. The molecule has 0 aromatic heterocycles. The average Bonchev–Trinajstić information content (AvgIpc) is 2.77. The lowest BCUT2D eigenvalue weighted by atomic mass is 9.80. The fraction of sp³-hybridized carbons (Fsp3) is 0.682. The van der Waals surface area contributed by atoms with E-state index in [2.05, 4.69) is 20.5 Å². The van der Waals surface area contributed by atoms with E-state index in [-0.39, 0.29) is 5.54 Å². The Bertz CT molecular complexity index is 796. The highest BCUT2D eigenvalue weighted by Gasteiger charge is 2.38. The molecule has 0 amide bonds. The van der Waals surface area contributed by atoms with Crippen LogP contribution in [0.15, 0.2) is 34.2 Å². The topological polar surface area (TPSA) is 83.0 Å². The van der Waals surface area contributed by atoms with Gasteiger partial charge in [0, 0.05) is 45.0 Å². The van der Waals surface area contributed by atoms with Crippen molar-refractivity contribution in [3.63, 3.8) is 0 Å². The van der Waals surface area contributed by atoms with Crippen molar-refractivity contribution in [1.29, 1.82) is 0 Å². The number of morpholine rings is 1. The van der Waals surface area contributed by atoms with E-state index in [0.29, 0.717) is 4.90 Å². The number of rotatable bonds is 7. The molecule has 1 aromatic carbocycles. The fourth-order valence-corrected chi connectivity index (χ4v) is 5.18. The normalized spacial score (nSPS) is 20.7. The molecule has 0 bridgehead atoms. The van der Waals surface area contributed by atoms with Gasteiger partial charge in [-0.2, -0.15) is 0 Å². The number of benzene rings is 1. The van der Waals surface area contributed by atoms with Gasteiger partial charge in [0.25, 0.3) is 0 Å². The van der Waals surface area contributed by atoms with Crippen LogP contribution in [-0.2, 0) is 21.0 Å². The predicted molar refractivity (Wildman–Crippen MR) is 121 cm³/mol. The molecule has 7 nitrogen and oxygen atoms in total. The van der Waals surface area contributed by atoms with E-state index in [4.69, 9.17) is 4.74 Å². The van der Waals surface area contributed by atoms with Crippen LogP contribution >= 0.6 is 0 Å². The van der Waals surface area contributed by atoms with Crippen LogP contribution in [0.5, 0.6) is 0 Å². The van der Waals surface area contributed by atoms with Crippen LogP contribution in [0, 0.1) is 0 Å². The Hall–Kier alpha value is -1.64. The maximum atomic E-state index is 11.6. The Morgan fingerprint density at radius 1 is 1.10 bits per heavy atom. The number of hydrogen-bond donors (Lipinski definition) is 2. The van der Waals surface area contributed by atoms with Crippen molar-refractivity contribution in [3.8, 4) is 0 Å². The molecule has 2 N–H and O–H groups in total. The van der Waals surface area contributed by atoms with E-state index >= 15 is 0 Å². The van der Waals surface area contributed by atoms with E-state index in [1.807, 2.05) is 12.1 Å². The van der Waals surface area contributed by atoms with E-state index in [1.165, 1.54) is 38.4 Å². The summed E-state index contributed by atoms with van der Waals surface area (Å²) in [5, 5.41) is 6.97. The largest absolute Gasteiger partial charge is 0.379 e. The van der Waals surface area contributed by atoms with Crippen molar-refractivity contribution < 1.29 is 13.2 Å². The number of hydrogen-bond acceptors (Lipinski definition) is 5. The zero-order valence-corrected chi connectivity index (χ0v) is 19.1. The van der Waals surface area contributed by atoms with Crippen LogP contribution in [0.4, 0.5) is 0 Å². The van der Waals surface area contributed by atoms with Gasteiger partial charge in [0.1, 0.15) is 0 Å². The van der Waals surface area contributed by atoms with Gasteiger partial charge < -0.3 is 15.4 Å². The molecular formula is C22H36N4O3S. The standard InChI is InChI=1S/C22H36N4O3S/c1-23-21(24-13-10-19-6-8-20(9-7-19)30(2,27)28)25-18-22(11-4-3-5-12-22)26-14-16-29-17-15-26/h6-9H,3-5,10-18H2,1-2H3,(H2,23,24,25). The van der Waals surface area contributed by atoms with Crippen molar-refractivity contribution in [3.05, 3.63) is 29.8 Å². The molecular weight excluding hydrogens is 400 g/mol. The number of ether oxygens (including phenoxy) is 1. The molecule has 1 saturated carbocycles. The summed E-state index contributed by atoms with van der Waals surface area (Å²) in [5.41, 5.74) is 1.30. The molecule has 30 heavy (non-hydrogen) atoms. The van der Waals surface area contributed by atoms with E-state index < -0.39 is 9.84 Å². The van der Waals surface area contributed by atoms with Gasteiger partial charge in [0.15, 0.2) is 15.8 Å². The second-order valence-electron chi connectivity index (χ2n) is 8.40. The van der Waals surface area contributed by atoms with Crippen molar-refractivity contribution in [1.82, 2.24) is 15.5 Å². The first-order valence-electron chi connectivity index (χ1n) is 11.0. The molecule has 168 valence electrons. The quantitative estimate of drug-likeness (QED) is 0.501. The first-order chi connectivity index (χ1) is 14.4. The second kappa shape index (κ2) is 10.6. The third-order valence-electron chi connectivity index (χ3n) is 6.33. The summed E-state index contributed by atoms with van der Waals surface area (Å²) < 4.78 is 28.7. The van der Waals surface area contributed by atoms with Gasteiger partial charge in [0.05, 0.1) is 18.1 Å². The van der Waals surface area contributed by atoms with Gasteiger partial charge in [0.2, 0.25) is 0 Å². The molecule has 1 heterocycles. The maximum absolute atomic E-state index is 11.6. The summed E-state index contributed by atoms with van der Waals surface area (Å²) in [5.74, 6) is 0.820. The molecule has 3 rings (SSSR count). The van der Waals surface area contributed by atoms with E-state index in [9.17, 15) is 8.42 Å². The van der Waals surface area contributed by atoms with Crippen molar-refractivity contribution in [2.45, 2.75) is 49.0 Å². The molecule has 2 fully saturated rings. The number of guanidine groups is 1. The van der Waals surface area contributed by atoms with Crippen LogP contribution in [0.25, 0.3) is 0 Å². The third kappa shape index (κ3) is 6.18. The van der Waals surface area contributed by atoms with E-state index in [1.54, 1.807) is 19.2 Å². The van der Waals surface area contributed by atoms with Gasteiger partial charge in [-0.3, -0.25) is 9.89 Å². The summed E-state index contributed by atoms with van der Waals surface area (Å²) in [6.07, 6.45) is 8.39. The molecule has 1 aliphatic carbocycles. The molecule has 0 radical (unpaired) electrons. The van der Waals surface area contributed by atoms with Gasteiger partial charge in [-0.15, -0.1) is 0 Å². The van der Waals surface area contributed by atoms with Crippen LogP contribution < -0.4 is 10.6 Å². The molecule has 8 heteroatoms. The lowest BCUT2D eigenvalue weighted by Gasteiger charge is -2.48. The minimum atomic E-state index is -3.15. The summed E-state index contributed by atoms with van der Waals surface area (Å²) in [6, 6.07) is 7.10. The van der Waals surface area contributed by atoms with Gasteiger partial charge >= 0.3 is 0 Å². The molecule has 0 unspecified atom stereocenters. The van der Waals surface area contributed by atoms with Crippen LogP contribution in [0.2, 0.25) is 0 Å². The lowest BCUT2D eigenvalue weighted by Crippen LogP contribution is -2.60. The summed E-state index contributed by atoms with van der Waals surface area (Å²) >= 11 is 0. The Morgan fingerprint density at radius 2 is 1.77 bits per heavy atom. The Kier molecular flexibility index (Phi) is 8.13. The molecule has 0 spiro atoms. The minimum absolute atomic E-state index is 0.196. The third-order valence-corrected chi connectivity index (χ3v) is 7.46. The number of nitrogens with one attached hydrogen (secondary N) is 2. The molecule has 1 aliphatic heterocycles. The minimum Gasteiger partial charge on any atom is -0.379 e. The van der Waals surface area contributed by atoms with Crippen LogP contribution in [0.1, 0.15) is 37.7 Å². The molecule has 1 aromatic rings. The smallest absolute Gasteiger partial charge is 0.191 e. The van der Waals surface area contributed by atoms with Crippen LogP contribution in [-0.4, -0.2) is 77.5 Å². The maximum Gasteiger partial charge on any atom is 0.191 e. The number of sulfone groups is 1. The molecule has 2 aliphatic rings. The monoisotopic (exact) mass is 436 g/mol. The van der Waals surface area contributed by atoms with Crippen molar-refractivity contribution in [2.75, 3.05) is 52.7 Å². The zero-order chi connectivity index (χ0) is 21.5. The predicted octanol–water partition coefficient (Wildman–Crippen LogP) is 1.83. The zero-order valence-electron chi connectivity index (χ0n) is 18.3. The van der Waals surface area contributed by atoms with Gasteiger partial charge in [-0.05, 0) is 37.0 Å². The Balaban J connectivity index is 1.51. The first-order valence-corrected chi connectivity index (χ1v) is 12.9. The van der Waals surface area contributed by atoms with Crippen LogP contribution in [0.3, 0.4) is 0 Å². The summed E-state index contributed by atoms with van der Waals surface area (Å²) in [4.78, 5) is 7.38. The van der Waals surface area contributed by atoms with Gasteiger partial charge in [-0.25, -0.2) is 8.42 Å². The van der Waals surface area contributed by atoms with Crippen molar-refractivity contribution >= 4 is 15.8 Å². The molecule has 0 atom stereocenters. The fourth-order valence-electron chi connectivity index (χ4n) is 4.55. The Morgan fingerprint density at radius 3 is 2.37 bits per heavy atom. The average molecular weight is 437 g/mol. The highest BCUT2D eigenvalue weighted by molar-refractivity contribution is 7.90. The summed E-state index contributed by atoms with van der Waals surface area (Å²) in [6.45, 7) is 5.31. The second-order valence-corrected chi connectivity index (χ2v) is 10.4.